The Bertz CT molecular complexity index is 1320. The number of aromatic carboxylic acids is 1. The Hall–Kier alpha value is -1.96. The van der Waals surface area contributed by atoms with E-state index in [0.717, 1.165) is 38.9 Å². The summed E-state index contributed by atoms with van der Waals surface area (Å²) in [6.45, 7) is 5.84. The molecule has 1 saturated carbocycles. The normalized spacial score (nSPS) is 14.1. The molecule has 5 rings (SSSR count). The van der Waals surface area contributed by atoms with E-state index in [1.165, 1.54) is 13.5 Å². The average molecular weight is 472 g/mol. The number of methoxy groups -OCH3 is 1. The van der Waals surface area contributed by atoms with Gasteiger partial charge in [0.2, 0.25) is 0 Å². The first-order chi connectivity index (χ1) is 15.2. The molecule has 1 fully saturated rings. The molecule has 2 heterocycles. The third-order valence-electron chi connectivity index (χ3n) is 6.07. The van der Waals surface area contributed by atoms with Gasteiger partial charge in [0, 0.05) is 10.3 Å². The standard InChI is InChI=1S/C21H17NO3S.C5H10O.Na/c1-11-8-9-16(25-3)18-14(21(23)24)10-15(22-19(11)18)20-12(2)13-6-4-5-7-17(13)26-20;1-5(6)3-2-4-5;/h4-10H,1-3H3,(H,23,24);6H,2-4H2,1H3;/q;;+1/p-1. The number of rotatable bonds is 3. The minimum Gasteiger partial charge on any atom is -0.545 e. The van der Waals surface area contributed by atoms with Crippen LogP contribution < -0.4 is 39.4 Å². The van der Waals surface area contributed by atoms with Crippen molar-refractivity contribution in [3.8, 4) is 16.3 Å². The van der Waals surface area contributed by atoms with Gasteiger partial charge in [-0.05, 0) is 74.7 Å². The van der Waals surface area contributed by atoms with Crippen LogP contribution in [-0.4, -0.2) is 28.8 Å². The quantitative estimate of drug-likeness (QED) is 0.463. The second-order valence-corrected chi connectivity index (χ2v) is 9.61. The second-order valence-electron chi connectivity index (χ2n) is 8.55. The van der Waals surface area contributed by atoms with Crippen LogP contribution in [0.15, 0.2) is 42.5 Å². The molecule has 166 valence electrons. The first-order valence-corrected chi connectivity index (χ1v) is 11.4. The summed E-state index contributed by atoms with van der Waals surface area (Å²) in [5, 5.41) is 22.4. The summed E-state index contributed by atoms with van der Waals surface area (Å²) >= 11 is 1.61. The van der Waals surface area contributed by atoms with Crippen LogP contribution in [0.25, 0.3) is 31.6 Å². The molecule has 1 N–H and O–H groups in total. The fourth-order valence-electron chi connectivity index (χ4n) is 4.00. The smallest absolute Gasteiger partial charge is 0.545 e. The Kier molecular flexibility index (Phi) is 7.87. The molecule has 0 spiro atoms. The molecule has 1 aliphatic rings. The van der Waals surface area contributed by atoms with E-state index < -0.39 is 5.97 Å². The van der Waals surface area contributed by atoms with Crippen LogP contribution in [0.3, 0.4) is 0 Å². The summed E-state index contributed by atoms with van der Waals surface area (Å²) in [7, 11) is 1.52. The Morgan fingerprint density at radius 3 is 2.39 bits per heavy atom. The fraction of sp³-hybridized carbons (Fsp3) is 0.308. The molecule has 0 saturated heterocycles. The predicted octanol–water partition coefficient (Wildman–Crippen LogP) is 2.03. The molecular formula is C26H26NNaO4S. The van der Waals surface area contributed by atoms with Gasteiger partial charge in [0.15, 0.2) is 0 Å². The summed E-state index contributed by atoms with van der Waals surface area (Å²) in [5.74, 6) is -0.752. The van der Waals surface area contributed by atoms with E-state index in [0.29, 0.717) is 22.3 Å². The molecule has 4 aromatic rings. The van der Waals surface area contributed by atoms with Crippen molar-refractivity contribution in [2.75, 3.05) is 7.11 Å². The number of ether oxygens (including phenoxy) is 1. The molecule has 0 amide bonds. The molecule has 0 atom stereocenters. The van der Waals surface area contributed by atoms with E-state index in [2.05, 4.69) is 12.1 Å². The van der Waals surface area contributed by atoms with Gasteiger partial charge in [-0.15, -0.1) is 11.3 Å². The number of pyridine rings is 1. The van der Waals surface area contributed by atoms with Gasteiger partial charge in [-0.2, -0.15) is 0 Å². The first kappa shape index (κ1) is 25.7. The van der Waals surface area contributed by atoms with Gasteiger partial charge < -0.3 is 19.7 Å². The van der Waals surface area contributed by atoms with Gasteiger partial charge in [-0.1, -0.05) is 24.3 Å². The zero-order valence-electron chi connectivity index (χ0n) is 19.7. The molecular weight excluding hydrogens is 445 g/mol. The van der Waals surface area contributed by atoms with Crippen LogP contribution in [0.4, 0.5) is 0 Å². The Morgan fingerprint density at radius 2 is 1.85 bits per heavy atom. The number of carboxylic acids is 1. The number of carbonyl (C=O) groups excluding carboxylic acids is 1. The zero-order valence-corrected chi connectivity index (χ0v) is 22.5. The molecule has 1 aliphatic carbocycles. The maximum Gasteiger partial charge on any atom is 1.00 e. The van der Waals surface area contributed by atoms with Crippen LogP contribution in [-0.2, 0) is 0 Å². The number of benzene rings is 2. The van der Waals surface area contributed by atoms with Crippen molar-refractivity contribution in [3.63, 3.8) is 0 Å². The Labute approximate surface area is 219 Å². The summed E-state index contributed by atoms with van der Waals surface area (Å²) in [6.07, 6.45) is 3.23. The van der Waals surface area contributed by atoms with Crippen LogP contribution in [0, 0.1) is 13.8 Å². The first-order valence-electron chi connectivity index (χ1n) is 10.6. The maximum atomic E-state index is 11.8. The molecule has 2 aromatic carbocycles. The summed E-state index contributed by atoms with van der Waals surface area (Å²) in [6, 6.07) is 13.4. The zero-order chi connectivity index (χ0) is 23.0. The van der Waals surface area contributed by atoms with Crippen LogP contribution in [0.2, 0.25) is 0 Å². The van der Waals surface area contributed by atoms with Crippen molar-refractivity contribution in [1.82, 2.24) is 4.98 Å². The van der Waals surface area contributed by atoms with Crippen molar-refractivity contribution < 1.29 is 49.3 Å². The van der Waals surface area contributed by atoms with Gasteiger partial charge in [0.1, 0.15) is 5.75 Å². The molecule has 7 heteroatoms. The Morgan fingerprint density at radius 1 is 1.18 bits per heavy atom. The van der Waals surface area contributed by atoms with Gasteiger partial charge >= 0.3 is 29.6 Å². The molecule has 0 bridgehead atoms. The van der Waals surface area contributed by atoms with Gasteiger partial charge in [0.05, 0.1) is 40.2 Å². The van der Waals surface area contributed by atoms with Crippen LogP contribution >= 0.6 is 11.3 Å². The van der Waals surface area contributed by atoms with Crippen LogP contribution in [0.5, 0.6) is 5.75 Å². The van der Waals surface area contributed by atoms with E-state index in [1.807, 2.05) is 39.0 Å². The third kappa shape index (κ3) is 5.10. The van der Waals surface area contributed by atoms with E-state index in [9.17, 15) is 9.90 Å². The van der Waals surface area contributed by atoms with E-state index in [4.69, 9.17) is 14.8 Å². The molecule has 0 radical (unpaired) electrons. The van der Waals surface area contributed by atoms with E-state index in [-0.39, 0.29) is 40.7 Å². The molecule has 5 nitrogen and oxygen atoms in total. The largest absolute Gasteiger partial charge is 1.00 e. The number of fused-ring (bicyclic) bond motifs is 2. The SMILES string of the molecule is CC1(O)CCC1.COc1ccc(C)c2nc(-c3sc4ccccc4c3C)cc(C(=O)[O-])c12.[Na+]. The average Bonchev–Trinajstić information content (AvgIpc) is 3.10. The number of carbonyl (C=O) groups is 1. The Balaban J connectivity index is 0.000000382. The molecule has 33 heavy (non-hydrogen) atoms. The van der Waals surface area contributed by atoms with E-state index >= 15 is 0 Å². The minimum atomic E-state index is -1.23. The van der Waals surface area contributed by atoms with Crippen molar-refractivity contribution in [1.29, 1.82) is 0 Å². The van der Waals surface area contributed by atoms with Crippen LogP contribution in [0.1, 0.15) is 47.7 Å². The summed E-state index contributed by atoms with van der Waals surface area (Å²) in [5.41, 5.74) is 3.08. The number of aryl methyl sites for hydroxylation is 2. The topological polar surface area (TPSA) is 82.5 Å². The number of nitrogens with zero attached hydrogens (tertiary/aromatic N) is 1. The number of thiophene rings is 1. The van der Waals surface area contributed by atoms with Crippen molar-refractivity contribution in [3.05, 3.63) is 59.2 Å². The van der Waals surface area contributed by atoms with Crippen molar-refractivity contribution in [2.24, 2.45) is 0 Å². The van der Waals surface area contributed by atoms with Gasteiger partial charge in [-0.3, -0.25) is 0 Å². The number of aromatic nitrogens is 1. The van der Waals surface area contributed by atoms with Crippen molar-refractivity contribution in [2.45, 2.75) is 45.6 Å². The molecule has 0 unspecified atom stereocenters. The van der Waals surface area contributed by atoms with Gasteiger partial charge in [0.25, 0.3) is 0 Å². The number of hydrogen-bond acceptors (Lipinski definition) is 6. The predicted molar refractivity (Wildman–Crippen MR) is 127 cm³/mol. The fourth-order valence-corrected chi connectivity index (χ4v) is 5.17. The summed E-state index contributed by atoms with van der Waals surface area (Å²) in [4.78, 5) is 17.6. The van der Waals surface area contributed by atoms with Gasteiger partial charge in [-0.25, -0.2) is 4.98 Å². The third-order valence-corrected chi connectivity index (χ3v) is 7.37. The molecule has 0 aliphatic heterocycles. The number of aliphatic hydroxyl groups is 1. The van der Waals surface area contributed by atoms with Crippen molar-refractivity contribution >= 4 is 38.3 Å². The summed E-state index contributed by atoms with van der Waals surface area (Å²) < 4.78 is 6.51. The number of hydrogen-bond donors (Lipinski definition) is 1. The maximum absolute atomic E-state index is 11.8. The minimum absolute atomic E-state index is 0. The monoisotopic (exact) mass is 471 g/mol. The second kappa shape index (κ2) is 10.1. The van der Waals surface area contributed by atoms with E-state index in [1.54, 1.807) is 23.5 Å². The molecule has 2 aromatic heterocycles. The number of carboxylic acid groups (broad SMARTS) is 1.